The maximum atomic E-state index is 11.5. The van der Waals surface area contributed by atoms with E-state index in [1.165, 1.54) is 0 Å². The number of primary amides is 1. The van der Waals surface area contributed by atoms with E-state index >= 15 is 0 Å². The van der Waals surface area contributed by atoms with Crippen LogP contribution in [0.5, 0.6) is 0 Å². The predicted octanol–water partition coefficient (Wildman–Crippen LogP) is 2.06. The van der Waals surface area contributed by atoms with Crippen LogP contribution in [0.1, 0.15) is 33.6 Å². The van der Waals surface area contributed by atoms with Gasteiger partial charge >= 0.3 is 0 Å². The Balaban J connectivity index is 2.50. The van der Waals surface area contributed by atoms with Gasteiger partial charge in [-0.15, -0.1) is 0 Å². The van der Waals surface area contributed by atoms with E-state index in [0.29, 0.717) is 0 Å². The van der Waals surface area contributed by atoms with Crippen molar-refractivity contribution in [2.45, 2.75) is 38.4 Å². The minimum Gasteiger partial charge on any atom is -0.369 e. The highest BCUT2D eigenvalue weighted by Gasteiger charge is 2.79. The zero-order valence-corrected chi connectivity index (χ0v) is 9.94. The van der Waals surface area contributed by atoms with Crippen molar-refractivity contribution < 1.29 is 4.79 Å². The van der Waals surface area contributed by atoms with E-state index in [0.717, 1.165) is 12.8 Å². The molecule has 3 atom stereocenters. The molecule has 0 unspecified atom stereocenters. The highest BCUT2D eigenvalue weighted by Crippen LogP contribution is 2.79. The molecule has 0 spiro atoms. The molecule has 2 bridgehead atoms. The van der Waals surface area contributed by atoms with Gasteiger partial charge in [0, 0.05) is 4.83 Å². The number of alkyl halides is 1. The van der Waals surface area contributed by atoms with E-state index in [9.17, 15) is 4.79 Å². The molecule has 0 heterocycles. The second kappa shape index (κ2) is 2.13. The molecular formula is C10H16BrNO. The van der Waals surface area contributed by atoms with E-state index in [2.05, 4.69) is 36.7 Å². The van der Waals surface area contributed by atoms with Gasteiger partial charge in [-0.3, -0.25) is 4.79 Å². The maximum absolute atomic E-state index is 11.5. The summed E-state index contributed by atoms with van der Waals surface area (Å²) < 4.78 is 0. The lowest BCUT2D eigenvalue weighted by molar-refractivity contribution is -0.158. The van der Waals surface area contributed by atoms with Crippen LogP contribution < -0.4 is 5.73 Å². The molecule has 3 aliphatic carbocycles. The fraction of sp³-hybridized carbons (Fsp3) is 0.900. The standard InChI is InChI=1S/C10H16BrNO/c1-8(2)9(3)4-5-10(8,6(9)11)7(12)13/h6H,4-5H2,1-3H3,(H2,12,13)/t6-,9+,10-/m0/s1. The second-order valence-electron chi connectivity index (χ2n) is 5.24. The molecule has 0 aromatic carbocycles. The van der Waals surface area contributed by atoms with Crippen LogP contribution in [0.25, 0.3) is 0 Å². The molecule has 3 heteroatoms. The highest BCUT2D eigenvalue weighted by molar-refractivity contribution is 9.09. The van der Waals surface area contributed by atoms with Crippen molar-refractivity contribution in [3.8, 4) is 0 Å². The van der Waals surface area contributed by atoms with Gasteiger partial charge in [0.05, 0.1) is 5.41 Å². The molecule has 0 aliphatic heterocycles. The summed E-state index contributed by atoms with van der Waals surface area (Å²) in [5.74, 6) is -0.130. The molecule has 74 valence electrons. The van der Waals surface area contributed by atoms with Gasteiger partial charge in [0.25, 0.3) is 0 Å². The molecule has 0 radical (unpaired) electrons. The molecule has 2 nitrogen and oxygen atoms in total. The molecule has 2 N–H and O–H groups in total. The summed E-state index contributed by atoms with van der Waals surface area (Å²) in [7, 11) is 0. The van der Waals surface area contributed by atoms with Crippen molar-refractivity contribution in [2.24, 2.45) is 22.0 Å². The lowest BCUT2D eigenvalue weighted by atomic mass is 9.43. The first kappa shape index (κ1) is 9.50. The fourth-order valence-corrected chi connectivity index (χ4v) is 5.33. The largest absolute Gasteiger partial charge is 0.369 e. The van der Waals surface area contributed by atoms with Crippen LogP contribution in [0.4, 0.5) is 0 Å². The lowest BCUT2D eigenvalue weighted by Gasteiger charge is -2.63. The Morgan fingerprint density at radius 3 is 2.08 bits per heavy atom. The minimum absolute atomic E-state index is 0.0556. The Labute approximate surface area is 87.4 Å². The Morgan fingerprint density at radius 1 is 1.38 bits per heavy atom. The van der Waals surface area contributed by atoms with Crippen molar-refractivity contribution in [3.63, 3.8) is 0 Å². The van der Waals surface area contributed by atoms with E-state index in [1.54, 1.807) is 0 Å². The van der Waals surface area contributed by atoms with Crippen LogP contribution in [0.3, 0.4) is 0 Å². The van der Waals surface area contributed by atoms with Gasteiger partial charge in [-0.05, 0) is 23.7 Å². The summed E-state index contributed by atoms with van der Waals surface area (Å²) in [6.07, 6.45) is 2.06. The molecule has 3 saturated carbocycles. The van der Waals surface area contributed by atoms with Crippen LogP contribution in [-0.2, 0) is 4.79 Å². The molecule has 3 fully saturated rings. The highest BCUT2D eigenvalue weighted by atomic mass is 79.9. The number of hydrogen-bond donors (Lipinski definition) is 1. The zero-order chi connectivity index (χ0) is 10.1. The summed E-state index contributed by atoms with van der Waals surface area (Å²) in [4.78, 5) is 11.8. The SMILES string of the molecule is CC1(C)[C@]2(C)CC[C@@]1(C(N)=O)[C@H]2Br. The third-order valence-corrected chi connectivity index (χ3v) is 6.81. The van der Waals surface area contributed by atoms with Crippen molar-refractivity contribution >= 4 is 21.8 Å². The smallest absolute Gasteiger partial charge is 0.225 e. The summed E-state index contributed by atoms with van der Waals surface area (Å²) in [6, 6.07) is 0. The van der Waals surface area contributed by atoms with Crippen LogP contribution >= 0.6 is 15.9 Å². The number of nitrogens with two attached hydrogens (primary N) is 1. The zero-order valence-electron chi connectivity index (χ0n) is 8.36. The molecule has 13 heavy (non-hydrogen) atoms. The quantitative estimate of drug-likeness (QED) is 0.707. The van der Waals surface area contributed by atoms with Crippen molar-refractivity contribution in [1.82, 2.24) is 0 Å². The minimum atomic E-state index is -0.290. The van der Waals surface area contributed by atoms with Crippen LogP contribution in [-0.4, -0.2) is 10.7 Å². The summed E-state index contributed by atoms with van der Waals surface area (Å²) in [5, 5.41) is 0. The Hall–Kier alpha value is -0.0500. The second-order valence-corrected chi connectivity index (χ2v) is 6.16. The van der Waals surface area contributed by atoms with Crippen LogP contribution in [0.2, 0.25) is 0 Å². The number of amides is 1. The first-order valence-corrected chi connectivity index (χ1v) is 5.66. The Morgan fingerprint density at radius 2 is 1.92 bits per heavy atom. The third kappa shape index (κ3) is 0.641. The number of fused-ring (bicyclic) bond motifs is 1. The molecule has 3 rings (SSSR count). The Bertz CT molecular complexity index is 289. The van der Waals surface area contributed by atoms with E-state index in [1.807, 2.05) is 0 Å². The predicted molar refractivity (Wildman–Crippen MR) is 55.5 cm³/mol. The number of hydrogen-bond acceptors (Lipinski definition) is 1. The number of halogens is 1. The van der Waals surface area contributed by atoms with Crippen LogP contribution in [0, 0.1) is 16.2 Å². The van der Waals surface area contributed by atoms with Gasteiger partial charge in [-0.2, -0.15) is 0 Å². The van der Waals surface area contributed by atoms with Gasteiger partial charge in [-0.25, -0.2) is 0 Å². The molecule has 0 saturated heterocycles. The van der Waals surface area contributed by atoms with E-state index in [4.69, 9.17) is 5.73 Å². The van der Waals surface area contributed by atoms with Crippen molar-refractivity contribution in [1.29, 1.82) is 0 Å². The van der Waals surface area contributed by atoms with E-state index in [-0.39, 0.29) is 27.0 Å². The first-order chi connectivity index (χ1) is 5.81. The summed E-state index contributed by atoms with van der Waals surface area (Å²) in [5.41, 5.74) is 5.54. The monoisotopic (exact) mass is 245 g/mol. The van der Waals surface area contributed by atoms with Crippen molar-refractivity contribution in [3.05, 3.63) is 0 Å². The van der Waals surface area contributed by atoms with Gasteiger partial charge in [0.1, 0.15) is 0 Å². The van der Waals surface area contributed by atoms with Crippen LogP contribution in [0.15, 0.2) is 0 Å². The average molecular weight is 246 g/mol. The number of carbonyl (C=O) groups is 1. The van der Waals surface area contributed by atoms with Gasteiger partial charge < -0.3 is 5.73 Å². The van der Waals surface area contributed by atoms with Gasteiger partial charge in [0.15, 0.2) is 0 Å². The molecule has 0 aromatic rings. The summed E-state index contributed by atoms with van der Waals surface area (Å²) >= 11 is 3.64. The fourth-order valence-electron chi connectivity index (χ4n) is 3.50. The molecule has 0 aromatic heterocycles. The van der Waals surface area contributed by atoms with Crippen molar-refractivity contribution in [2.75, 3.05) is 0 Å². The van der Waals surface area contributed by atoms with Gasteiger partial charge in [-0.1, -0.05) is 36.7 Å². The summed E-state index contributed by atoms with van der Waals surface area (Å²) in [6.45, 7) is 6.59. The molecule has 3 aliphatic rings. The lowest BCUT2D eigenvalue weighted by Crippen LogP contribution is -2.68. The number of rotatable bonds is 1. The van der Waals surface area contributed by atoms with E-state index < -0.39 is 0 Å². The number of carbonyl (C=O) groups excluding carboxylic acids is 1. The molecular weight excluding hydrogens is 230 g/mol. The maximum Gasteiger partial charge on any atom is 0.225 e. The normalized spacial score (nSPS) is 51.5. The Kier molecular flexibility index (Phi) is 1.56. The van der Waals surface area contributed by atoms with Gasteiger partial charge in [0.2, 0.25) is 5.91 Å². The first-order valence-electron chi connectivity index (χ1n) is 4.75. The average Bonchev–Trinajstić information content (AvgIpc) is 2.39. The molecule has 1 amide bonds. The third-order valence-electron chi connectivity index (χ3n) is 5.01. The topological polar surface area (TPSA) is 43.1 Å².